The molecule has 0 bridgehead atoms. The molecule has 19 heavy (non-hydrogen) atoms. The fourth-order valence-corrected chi connectivity index (χ4v) is 1.73. The number of nitrogens with one attached hydrogen (secondary N) is 1. The zero-order chi connectivity index (χ0) is 14.4. The SMILES string of the molecule is COc1ccc(C(=O)NC(CN)C(C)C)cc1OC. The average Bonchev–Trinajstić information content (AvgIpc) is 2.43. The number of hydrogen-bond donors (Lipinski definition) is 2. The van der Waals surface area contributed by atoms with Crippen molar-refractivity contribution in [1.82, 2.24) is 5.32 Å². The van der Waals surface area contributed by atoms with Gasteiger partial charge in [0.15, 0.2) is 11.5 Å². The van der Waals surface area contributed by atoms with Gasteiger partial charge < -0.3 is 20.5 Å². The van der Waals surface area contributed by atoms with Crippen molar-refractivity contribution in [2.75, 3.05) is 20.8 Å². The smallest absolute Gasteiger partial charge is 0.251 e. The van der Waals surface area contributed by atoms with Crippen LogP contribution in [0.15, 0.2) is 18.2 Å². The number of rotatable bonds is 6. The predicted octanol–water partition coefficient (Wildman–Crippen LogP) is 1.42. The number of ether oxygens (including phenoxy) is 2. The molecule has 0 aliphatic heterocycles. The topological polar surface area (TPSA) is 73.6 Å². The second-order valence-electron chi connectivity index (χ2n) is 4.63. The zero-order valence-electron chi connectivity index (χ0n) is 11.9. The summed E-state index contributed by atoms with van der Waals surface area (Å²) < 4.78 is 10.3. The van der Waals surface area contributed by atoms with Crippen LogP contribution in [0, 0.1) is 5.92 Å². The van der Waals surface area contributed by atoms with Crippen LogP contribution in [0.4, 0.5) is 0 Å². The lowest BCUT2D eigenvalue weighted by Gasteiger charge is -2.20. The van der Waals surface area contributed by atoms with Crippen LogP contribution in [0.2, 0.25) is 0 Å². The highest BCUT2D eigenvalue weighted by molar-refractivity contribution is 5.95. The Hall–Kier alpha value is -1.75. The highest BCUT2D eigenvalue weighted by atomic mass is 16.5. The van der Waals surface area contributed by atoms with Crippen LogP contribution >= 0.6 is 0 Å². The second kappa shape index (κ2) is 6.99. The van der Waals surface area contributed by atoms with Crippen LogP contribution in [-0.2, 0) is 0 Å². The van der Waals surface area contributed by atoms with E-state index in [1.165, 1.54) is 7.11 Å². The number of benzene rings is 1. The molecular weight excluding hydrogens is 244 g/mol. The molecule has 1 aromatic rings. The van der Waals surface area contributed by atoms with E-state index in [1.807, 2.05) is 13.8 Å². The molecule has 1 unspecified atom stereocenters. The third kappa shape index (κ3) is 3.86. The Labute approximate surface area is 114 Å². The van der Waals surface area contributed by atoms with Gasteiger partial charge in [0, 0.05) is 18.2 Å². The van der Waals surface area contributed by atoms with Crippen LogP contribution < -0.4 is 20.5 Å². The van der Waals surface area contributed by atoms with E-state index in [-0.39, 0.29) is 17.9 Å². The Kier molecular flexibility index (Phi) is 5.63. The monoisotopic (exact) mass is 266 g/mol. The molecule has 1 aromatic carbocycles. The van der Waals surface area contributed by atoms with Gasteiger partial charge in [-0.15, -0.1) is 0 Å². The molecule has 0 fully saturated rings. The van der Waals surface area contributed by atoms with E-state index >= 15 is 0 Å². The molecule has 3 N–H and O–H groups in total. The Morgan fingerprint density at radius 1 is 1.26 bits per heavy atom. The molecule has 5 heteroatoms. The number of amides is 1. The van der Waals surface area contributed by atoms with Crippen molar-refractivity contribution < 1.29 is 14.3 Å². The maximum Gasteiger partial charge on any atom is 0.251 e. The zero-order valence-corrected chi connectivity index (χ0v) is 11.9. The van der Waals surface area contributed by atoms with E-state index in [1.54, 1.807) is 25.3 Å². The molecule has 0 aromatic heterocycles. The average molecular weight is 266 g/mol. The maximum atomic E-state index is 12.1. The predicted molar refractivity (Wildman–Crippen MR) is 74.7 cm³/mol. The van der Waals surface area contributed by atoms with Crippen molar-refractivity contribution in [3.05, 3.63) is 23.8 Å². The first kappa shape index (κ1) is 15.3. The van der Waals surface area contributed by atoms with Crippen molar-refractivity contribution in [3.63, 3.8) is 0 Å². The molecule has 1 atom stereocenters. The molecule has 106 valence electrons. The summed E-state index contributed by atoms with van der Waals surface area (Å²) in [6, 6.07) is 5.02. The Balaban J connectivity index is 2.88. The molecule has 0 aliphatic rings. The van der Waals surface area contributed by atoms with Gasteiger partial charge in [-0.3, -0.25) is 4.79 Å². The third-order valence-corrected chi connectivity index (χ3v) is 3.02. The number of methoxy groups -OCH3 is 2. The molecule has 0 saturated heterocycles. The summed E-state index contributed by atoms with van der Waals surface area (Å²) in [5.74, 6) is 1.25. The van der Waals surface area contributed by atoms with Crippen molar-refractivity contribution in [1.29, 1.82) is 0 Å². The van der Waals surface area contributed by atoms with Crippen molar-refractivity contribution >= 4 is 5.91 Å². The normalized spacial score (nSPS) is 12.1. The van der Waals surface area contributed by atoms with Crippen LogP contribution in [-0.4, -0.2) is 32.7 Å². The summed E-state index contributed by atoms with van der Waals surface area (Å²) in [6.07, 6.45) is 0. The van der Waals surface area contributed by atoms with Gasteiger partial charge >= 0.3 is 0 Å². The standard InChI is InChI=1S/C14H22N2O3/c1-9(2)11(8-15)16-14(17)10-5-6-12(18-3)13(7-10)19-4/h5-7,9,11H,8,15H2,1-4H3,(H,16,17). The minimum Gasteiger partial charge on any atom is -0.493 e. The van der Waals surface area contributed by atoms with Gasteiger partial charge in [0.2, 0.25) is 0 Å². The van der Waals surface area contributed by atoms with Crippen molar-refractivity contribution in [2.24, 2.45) is 11.7 Å². The van der Waals surface area contributed by atoms with Gasteiger partial charge in [0.25, 0.3) is 5.91 Å². The number of carbonyl (C=O) groups is 1. The largest absolute Gasteiger partial charge is 0.493 e. The summed E-state index contributed by atoms with van der Waals surface area (Å²) in [5, 5.41) is 2.91. The summed E-state index contributed by atoms with van der Waals surface area (Å²) in [6.45, 7) is 4.45. The third-order valence-electron chi connectivity index (χ3n) is 3.02. The molecule has 0 spiro atoms. The lowest BCUT2D eigenvalue weighted by Crippen LogP contribution is -2.43. The van der Waals surface area contributed by atoms with Crippen LogP contribution in [0.5, 0.6) is 11.5 Å². The first-order valence-electron chi connectivity index (χ1n) is 6.26. The van der Waals surface area contributed by atoms with Crippen LogP contribution in [0.3, 0.4) is 0 Å². The summed E-state index contributed by atoms with van der Waals surface area (Å²) >= 11 is 0. The maximum absolute atomic E-state index is 12.1. The highest BCUT2D eigenvalue weighted by Gasteiger charge is 2.16. The Bertz CT molecular complexity index is 433. The van der Waals surface area contributed by atoms with Crippen LogP contribution in [0.1, 0.15) is 24.2 Å². The lowest BCUT2D eigenvalue weighted by atomic mass is 10.0. The number of carbonyl (C=O) groups excluding carboxylic acids is 1. The minimum atomic E-state index is -0.162. The molecule has 0 heterocycles. The van der Waals surface area contributed by atoms with Crippen molar-refractivity contribution in [2.45, 2.75) is 19.9 Å². The van der Waals surface area contributed by atoms with E-state index in [2.05, 4.69) is 5.32 Å². The fourth-order valence-electron chi connectivity index (χ4n) is 1.73. The van der Waals surface area contributed by atoms with Gasteiger partial charge in [-0.05, 0) is 24.1 Å². The molecule has 0 radical (unpaired) electrons. The lowest BCUT2D eigenvalue weighted by molar-refractivity contribution is 0.0927. The first-order chi connectivity index (χ1) is 9.03. The van der Waals surface area contributed by atoms with E-state index < -0.39 is 0 Å². The number of nitrogens with two attached hydrogens (primary N) is 1. The van der Waals surface area contributed by atoms with E-state index in [0.717, 1.165) is 0 Å². The van der Waals surface area contributed by atoms with Crippen LogP contribution in [0.25, 0.3) is 0 Å². The fraction of sp³-hybridized carbons (Fsp3) is 0.500. The molecule has 0 saturated carbocycles. The van der Waals surface area contributed by atoms with Gasteiger partial charge in [-0.2, -0.15) is 0 Å². The summed E-state index contributed by atoms with van der Waals surface area (Å²) in [4.78, 5) is 12.1. The molecule has 1 amide bonds. The number of hydrogen-bond acceptors (Lipinski definition) is 4. The highest BCUT2D eigenvalue weighted by Crippen LogP contribution is 2.27. The van der Waals surface area contributed by atoms with E-state index in [9.17, 15) is 4.79 Å². The van der Waals surface area contributed by atoms with Gasteiger partial charge in [-0.1, -0.05) is 13.8 Å². The van der Waals surface area contributed by atoms with Gasteiger partial charge in [0.05, 0.1) is 14.2 Å². The van der Waals surface area contributed by atoms with E-state index in [4.69, 9.17) is 15.2 Å². The summed E-state index contributed by atoms with van der Waals surface area (Å²) in [5.41, 5.74) is 6.17. The molecule has 1 rings (SSSR count). The quantitative estimate of drug-likeness (QED) is 0.816. The summed E-state index contributed by atoms with van der Waals surface area (Å²) in [7, 11) is 3.09. The molecular formula is C14H22N2O3. The van der Waals surface area contributed by atoms with Gasteiger partial charge in [0.1, 0.15) is 0 Å². The Morgan fingerprint density at radius 2 is 1.89 bits per heavy atom. The first-order valence-corrected chi connectivity index (χ1v) is 6.26. The van der Waals surface area contributed by atoms with Gasteiger partial charge in [-0.25, -0.2) is 0 Å². The Morgan fingerprint density at radius 3 is 2.37 bits per heavy atom. The van der Waals surface area contributed by atoms with Crippen molar-refractivity contribution in [3.8, 4) is 11.5 Å². The second-order valence-corrected chi connectivity index (χ2v) is 4.63. The molecule has 0 aliphatic carbocycles. The van der Waals surface area contributed by atoms with E-state index in [0.29, 0.717) is 23.6 Å². The molecule has 5 nitrogen and oxygen atoms in total. The minimum absolute atomic E-state index is 0.0411.